The molecular weight excluding hydrogens is 509 g/mol. The minimum Gasteiger partial charge on any atom is -0.496 e. The monoisotopic (exact) mass is 539 g/mol. The summed E-state index contributed by atoms with van der Waals surface area (Å²) in [5, 5.41) is 10.6. The molecule has 6 nitrogen and oxygen atoms in total. The van der Waals surface area contributed by atoms with Crippen molar-refractivity contribution in [3.63, 3.8) is 0 Å². The fourth-order valence-electron chi connectivity index (χ4n) is 4.80. The molecule has 1 aromatic heterocycles. The molecule has 1 aliphatic heterocycles. The van der Waals surface area contributed by atoms with Gasteiger partial charge in [-0.25, -0.2) is 4.39 Å². The maximum absolute atomic E-state index is 14.3. The van der Waals surface area contributed by atoms with E-state index in [-0.39, 0.29) is 18.3 Å². The Labute approximate surface area is 232 Å². The third-order valence-electron chi connectivity index (χ3n) is 7.30. The number of ether oxygens (including phenoxy) is 3. The van der Waals surface area contributed by atoms with Gasteiger partial charge in [0.25, 0.3) is 0 Å². The average Bonchev–Trinajstić information content (AvgIpc) is 3.30. The Balaban J connectivity index is 1.55. The molecule has 1 fully saturated rings. The molecular formula is C33H30FNO5. The van der Waals surface area contributed by atoms with Gasteiger partial charge in [0.1, 0.15) is 34.8 Å². The van der Waals surface area contributed by atoms with E-state index < -0.39 is 12.3 Å². The van der Waals surface area contributed by atoms with Gasteiger partial charge in [0.05, 0.1) is 36.7 Å². The number of methoxy groups -OCH3 is 1. The standard InChI is InChI=1S/C33H30FNO5/c1-4-20(2)32(36)22-9-11-26(30(16-22)37-3)31-17-23-7-5-6-8-25(33(23)40-31)21-10-12-28(24(15-21)18-35)39-29-13-14-38-19-27(29)34/h5-6,8-12,15-17,20,27,29H,4,13-14,19H2,1-3H3. The number of halogens is 1. The first-order valence-electron chi connectivity index (χ1n) is 13.4. The third kappa shape index (κ3) is 5.37. The SMILES string of the molecule is CCC(C)C(=O)c1ccc(-c2cc3c(o2)=C(c2ccc(OC4CCOCC4F)c(C#N)c2)C=CC=C=3)c(OC)c1. The number of carbonyl (C=O) groups is 1. The van der Waals surface area contributed by atoms with E-state index in [9.17, 15) is 14.4 Å². The number of hydrogen-bond acceptors (Lipinski definition) is 6. The highest BCUT2D eigenvalue weighted by Gasteiger charge is 2.28. The number of Topliss-reactive ketones (excluding diaryl/α,β-unsaturated/α-hetero) is 1. The highest BCUT2D eigenvalue weighted by atomic mass is 19.1. The van der Waals surface area contributed by atoms with Crippen LogP contribution in [0.5, 0.6) is 11.5 Å². The van der Waals surface area contributed by atoms with Gasteiger partial charge in [0.15, 0.2) is 12.0 Å². The van der Waals surface area contributed by atoms with E-state index in [2.05, 4.69) is 11.8 Å². The molecule has 3 unspecified atom stereocenters. The second kappa shape index (κ2) is 11.8. The Hall–Kier alpha value is -4.37. The van der Waals surface area contributed by atoms with Gasteiger partial charge in [-0.1, -0.05) is 32.1 Å². The van der Waals surface area contributed by atoms with Crippen molar-refractivity contribution in [3.05, 3.63) is 88.0 Å². The Bertz CT molecular complexity index is 1670. The number of furan rings is 1. The van der Waals surface area contributed by atoms with Crippen LogP contribution in [0.4, 0.5) is 4.39 Å². The topological polar surface area (TPSA) is 81.7 Å². The van der Waals surface area contributed by atoms with Crippen LogP contribution in [0, 0.1) is 17.2 Å². The first-order chi connectivity index (χ1) is 19.4. The van der Waals surface area contributed by atoms with Gasteiger partial charge in [0, 0.05) is 29.5 Å². The summed E-state index contributed by atoms with van der Waals surface area (Å²) >= 11 is 0. The maximum atomic E-state index is 14.3. The van der Waals surface area contributed by atoms with Crippen LogP contribution in [0.2, 0.25) is 0 Å². The van der Waals surface area contributed by atoms with Crippen LogP contribution in [0.3, 0.4) is 0 Å². The predicted molar refractivity (Wildman–Crippen MR) is 149 cm³/mol. The molecule has 40 heavy (non-hydrogen) atoms. The van der Waals surface area contributed by atoms with E-state index in [4.69, 9.17) is 18.6 Å². The van der Waals surface area contributed by atoms with Gasteiger partial charge in [-0.15, -0.1) is 5.73 Å². The van der Waals surface area contributed by atoms with Crippen LogP contribution >= 0.6 is 0 Å². The largest absolute Gasteiger partial charge is 0.496 e. The zero-order valence-corrected chi connectivity index (χ0v) is 22.7. The third-order valence-corrected chi connectivity index (χ3v) is 7.30. The van der Waals surface area contributed by atoms with Gasteiger partial charge in [-0.2, -0.15) is 5.26 Å². The number of fused-ring (bicyclic) bond motifs is 1. The molecule has 1 aliphatic carbocycles. The van der Waals surface area contributed by atoms with Crippen LogP contribution in [-0.4, -0.2) is 38.4 Å². The number of carbonyl (C=O) groups excluding carboxylic acids is 1. The van der Waals surface area contributed by atoms with Crippen LogP contribution in [0.1, 0.15) is 48.2 Å². The molecule has 1 saturated heterocycles. The van der Waals surface area contributed by atoms with E-state index in [1.54, 1.807) is 37.5 Å². The Morgan fingerprint density at radius 1 is 1.23 bits per heavy atom. The van der Waals surface area contributed by atoms with Crippen LogP contribution < -0.4 is 20.1 Å². The minimum atomic E-state index is -1.25. The summed E-state index contributed by atoms with van der Waals surface area (Å²) < 4.78 is 37.3. The molecule has 0 spiro atoms. The number of alkyl halides is 1. The van der Waals surface area contributed by atoms with Crippen LogP contribution in [0.15, 0.2) is 65.1 Å². The van der Waals surface area contributed by atoms with Crippen LogP contribution in [-0.2, 0) is 4.74 Å². The smallest absolute Gasteiger partial charge is 0.165 e. The Morgan fingerprint density at radius 3 is 2.83 bits per heavy atom. The minimum absolute atomic E-state index is 0.0118. The van der Waals surface area contributed by atoms with Crippen molar-refractivity contribution in [2.45, 2.75) is 39.0 Å². The molecule has 3 aromatic rings. The van der Waals surface area contributed by atoms with Crippen molar-refractivity contribution in [2.24, 2.45) is 5.92 Å². The van der Waals surface area contributed by atoms with Gasteiger partial charge in [-0.05, 0) is 48.4 Å². The van der Waals surface area contributed by atoms with Crippen molar-refractivity contribution in [3.8, 4) is 28.9 Å². The van der Waals surface area contributed by atoms with E-state index in [1.165, 1.54) is 0 Å². The molecule has 3 atom stereocenters. The number of allylic oxidation sites excluding steroid dienone is 3. The Morgan fingerprint density at radius 2 is 2.08 bits per heavy atom. The summed E-state index contributed by atoms with van der Waals surface area (Å²) in [4.78, 5) is 12.7. The molecule has 0 radical (unpaired) electrons. The fraction of sp³-hybridized carbons (Fsp3) is 0.303. The molecule has 2 aromatic carbocycles. The number of benzene rings is 2. The second-order valence-electron chi connectivity index (χ2n) is 9.88. The summed E-state index contributed by atoms with van der Waals surface area (Å²) in [5.74, 6) is 1.42. The lowest BCUT2D eigenvalue weighted by molar-refractivity contribution is -0.0383. The highest BCUT2D eigenvalue weighted by Crippen LogP contribution is 2.32. The summed E-state index contributed by atoms with van der Waals surface area (Å²) in [7, 11) is 1.56. The molecule has 0 saturated carbocycles. The van der Waals surface area contributed by atoms with E-state index in [0.29, 0.717) is 52.4 Å². The number of rotatable bonds is 8. The predicted octanol–water partition coefficient (Wildman–Crippen LogP) is 5.27. The summed E-state index contributed by atoms with van der Waals surface area (Å²) in [6.07, 6.45) is 4.82. The fourth-order valence-corrected chi connectivity index (χ4v) is 4.80. The lowest BCUT2D eigenvalue weighted by Gasteiger charge is -2.27. The molecule has 0 amide bonds. The van der Waals surface area contributed by atoms with E-state index in [1.807, 2.05) is 44.2 Å². The number of nitriles is 1. The molecule has 5 rings (SSSR count). The maximum Gasteiger partial charge on any atom is 0.165 e. The first kappa shape index (κ1) is 27.2. The molecule has 2 aliphatic rings. The molecule has 7 heteroatoms. The number of nitrogens with zero attached hydrogens (tertiary/aromatic N) is 1. The summed E-state index contributed by atoms with van der Waals surface area (Å²) in [6, 6.07) is 14.7. The van der Waals surface area contributed by atoms with Gasteiger partial charge in [0.2, 0.25) is 0 Å². The van der Waals surface area contributed by atoms with E-state index >= 15 is 0 Å². The van der Waals surface area contributed by atoms with Gasteiger partial charge >= 0.3 is 0 Å². The highest BCUT2D eigenvalue weighted by molar-refractivity contribution is 5.98. The molecule has 2 heterocycles. The zero-order valence-electron chi connectivity index (χ0n) is 22.7. The molecule has 0 bridgehead atoms. The number of hydrogen-bond donors (Lipinski definition) is 0. The lowest BCUT2D eigenvalue weighted by atomic mass is 9.96. The van der Waals surface area contributed by atoms with Gasteiger partial charge < -0.3 is 18.6 Å². The quantitative estimate of drug-likeness (QED) is 0.363. The van der Waals surface area contributed by atoms with E-state index in [0.717, 1.165) is 22.8 Å². The normalized spacial score (nSPS) is 18.7. The lowest BCUT2D eigenvalue weighted by Crippen LogP contribution is -2.37. The second-order valence-corrected chi connectivity index (χ2v) is 9.88. The van der Waals surface area contributed by atoms with Crippen molar-refractivity contribution < 1.29 is 27.8 Å². The van der Waals surface area contributed by atoms with Crippen molar-refractivity contribution in [1.29, 1.82) is 5.26 Å². The van der Waals surface area contributed by atoms with Crippen molar-refractivity contribution >= 4 is 17.1 Å². The first-order valence-corrected chi connectivity index (χ1v) is 13.4. The molecule has 0 N–H and O–H groups in total. The number of ketones is 1. The summed E-state index contributed by atoms with van der Waals surface area (Å²) in [6.45, 7) is 4.31. The average molecular weight is 540 g/mol. The van der Waals surface area contributed by atoms with Crippen LogP contribution in [0.25, 0.3) is 22.6 Å². The summed E-state index contributed by atoms with van der Waals surface area (Å²) in [5.41, 5.74) is 6.91. The van der Waals surface area contributed by atoms with Crippen molar-refractivity contribution in [1.82, 2.24) is 0 Å². The molecule has 204 valence electrons. The van der Waals surface area contributed by atoms with Crippen molar-refractivity contribution in [2.75, 3.05) is 20.3 Å². The Kier molecular flexibility index (Phi) is 8.02. The van der Waals surface area contributed by atoms with Gasteiger partial charge in [-0.3, -0.25) is 4.79 Å². The zero-order chi connectivity index (χ0) is 28.2.